The second-order valence-corrected chi connectivity index (χ2v) is 4.15. The predicted octanol–water partition coefficient (Wildman–Crippen LogP) is 1.75. The molecule has 1 aromatic carbocycles. The molecule has 3 nitrogen and oxygen atoms in total. The van der Waals surface area contributed by atoms with Crippen molar-refractivity contribution in [3.63, 3.8) is 0 Å². The highest BCUT2D eigenvalue weighted by atomic mass is 19.1. The maximum Gasteiger partial charge on any atom is 0.123 e. The molecule has 1 atom stereocenters. The molecule has 0 bridgehead atoms. The van der Waals surface area contributed by atoms with Gasteiger partial charge in [0.05, 0.1) is 6.10 Å². The normalized spacial score (nSPS) is 21.5. The molecule has 4 heteroatoms. The minimum absolute atomic E-state index is 0.155. The van der Waals surface area contributed by atoms with Crippen LogP contribution in [-0.2, 0) is 11.3 Å². The smallest absolute Gasteiger partial charge is 0.123 e. The van der Waals surface area contributed by atoms with E-state index in [0.717, 1.165) is 19.5 Å². The Morgan fingerprint density at radius 1 is 1.56 bits per heavy atom. The summed E-state index contributed by atoms with van der Waals surface area (Å²) in [6.07, 6.45) is 1.25. The zero-order chi connectivity index (χ0) is 11.5. The Hall–Kier alpha value is -1.13. The van der Waals surface area contributed by atoms with Crippen LogP contribution >= 0.6 is 0 Å². The predicted molar refractivity (Wildman–Crippen MR) is 58.8 cm³/mol. The Morgan fingerprint density at radius 2 is 2.38 bits per heavy atom. The number of phenolic OH excluding ortho intramolecular Hbond substituents is 1. The van der Waals surface area contributed by atoms with E-state index in [1.54, 1.807) is 7.11 Å². The van der Waals surface area contributed by atoms with Crippen molar-refractivity contribution in [3.8, 4) is 5.75 Å². The van der Waals surface area contributed by atoms with Gasteiger partial charge in [-0.1, -0.05) is 0 Å². The highest BCUT2D eigenvalue weighted by Crippen LogP contribution is 2.22. The van der Waals surface area contributed by atoms with Gasteiger partial charge in [0.25, 0.3) is 0 Å². The van der Waals surface area contributed by atoms with Crippen LogP contribution in [0.4, 0.5) is 4.39 Å². The molecule has 1 aromatic rings. The third-order valence-electron chi connectivity index (χ3n) is 3.00. The van der Waals surface area contributed by atoms with Crippen molar-refractivity contribution < 1.29 is 14.2 Å². The quantitative estimate of drug-likeness (QED) is 0.850. The van der Waals surface area contributed by atoms with Gasteiger partial charge in [-0.3, -0.25) is 4.90 Å². The number of benzene rings is 1. The van der Waals surface area contributed by atoms with Gasteiger partial charge < -0.3 is 9.84 Å². The lowest BCUT2D eigenvalue weighted by molar-refractivity contribution is 0.107. The lowest BCUT2D eigenvalue weighted by Crippen LogP contribution is -2.22. The number of likely N-dealkylation sites (tertiary alicyclic amines) is 1. The van der Waals surface area contributed by atoms with E-state index in [1.807, 2.05) is 0 Å². The summed E-state index contributed by atoms with van der Waals surface area (Å²) in [6.45, 7) is 2.34. The molecule has 1 heterocycles. The van der Waals surface area contributed by atoms with E-state index in [1.165, 1.54) is 18.2 Å². The van der Waals surface area contributed by atoms with Gasteiger partial charge in [0.2, 0.25) is 0 Å². The van der Waals surface area contributed by atoms with Crippen LogP contribution in [0.15, 0.2) is 18.2 Å². The molecule has 1 fully saturated rings. The number of methoxy groups -OCH3 is 1. The molecule has 1 N–H and O–H groups in total. The van der Waals surface area contributed by atoms with E-state index >= 15 is 0 Å². The van der Waals surface area contributed by atoms with Crippen molar-refractivity contribution in [1.29, 1.82) is 0 Å². The topological polar surface area (TPSA) is 32.7 Å². The minimum atomic E-state index is -0.310. The van der Waals surface area contributed by atoms with Crippen molar-refractivity contribution in [2.75, 3.05) is 20.2 Å². The van der Waals surface area contributed by atoms with Crippen LogP contribution in [-0.4, -0.2) is 36.3 Å². The number of aromatic hydroxyl groups is 1. The summed E-state index contributed by atoms with van der Waals surface area (Å²) >= 11 is 0. The van der Waals surface area contributed by atoms with Crippen molar-refractivity contribution in [2.24, 2.45) is 0 Å². The molecule has 88 valence electrons. The molecule has 0 aliphatic carbocycles. The lowest BCUT2D eigenvalue weighted by Gasteiger charge is -2.16. The number of halogens is 1. The monoisotopic (exact) mass is 225 g/mol. The zero-order valence-corrected chi connectivity index (χ0v) is 9.32. The number of ether oxygens (including phenoxy) is 1. The lowest BCUT2D eigenvalue weighted by atomic mass is 10.2. The molecule has 16 heavy (non-hydrogen) atoms. The average Bonchev–Trinajstić information content (AvgIpc) is 2.71. The van der Waals surface area contributed by atoms with Crippen LogP contribution in [0.2, 0.25) is 0 Å². The van der Waals surface area contributed by atoms with Crippen LogP contribution in [0.3, 0.4) is 0 Å². The standard InChI is InChI=1S/C12H16FNO2/c1-16-11-4-5-14(8-11)7-9-6-10(13)2-3-12(9)15/h2-3,6,11,15H,4-5,7-8H2,1H3. The summed E-state index contributed by atoms with van der Waals surface area (Å²) in [5.41, 5.74) is 0.636. The van der Waals surface area contributed by atoms with Gasteiger partial charge in [0, 0.05) is 32.3 Å². The number of phenols is 1. The second kappa shape index (κ2) is 4.80. The van der Waals surface area contributed by atoms with Crippen molar-refractivity contribution in [2.45, 2.75) is 19.1 Å². The van der Waals surface area contributed by atoms with Crippen molar-refractivity contribution in [3.05, 3.63) is 29.6 Å². The second-order valence-electron chi connectivity index (χ2n) is 4.15. The number of hydrogen-bond donors (Lipinski definition) is 1. The Bertz CT molecular complexity index is 370. The van der Waals surface area contributed by atoms with E-state index in [-0.39, 0.29) is 17.7 Å². The van der Waals surface area contributed by atoms with E-state index in [9.17, 15) is 9.50 Å². The molecule has 0 radical (unpaired) electrons. The molecule has 0 saturated carbocycles. The molecule has 2 rings (SSSR count). The van der Waals surface area contributed by atoms with Crippen molar-refractivity contribution >= 4 is 0 Å². The molecule has 1 aliphatic rings. The van der Waals surface area contributed by atoms with Gasteiger partial charge in [0.1, 0.15) is 11.6 Å². The largest absolute Gasteiger partial charge is 0.508 e. The number of hydrogen-bond acceptors (Lipinski definition) is 3. The Balaban J connectivity index is 2.01. The summed E-state index contributed by atoms with van der Waals surface area (Å²) in [5, 5.41) is 9.59. The first-order valence-corrected chi connectivity index (χ1v) is 5.41. The Morgan fingerprint density at radius 3 is 3.06 bits per heavy atom. The molecule has 0 aromatic heterocycles. The first kappa shape index (κ1) is 11.4. The van der Waals surface area contributed by atoms with Crippen molar-refractivity contribution in [1.82, 2.24) is 4.90 Å². The van der Waals surface area contributed by atoms with Gasteiger partial charge in [-0.15, -0.1) is 0 Å². The van der Waals surface area contributed by atoms with Crippen LogP contribution in [0.5, 0.6) is 5.75 Å². The summed E-state index contributed by atoms with van der Waals surface area (Å²) in [7, 11) is 1.70. The van der Waals surface area contributed by atoms with E-state index in [4.69, 9.17) is 4.74 Å². The highest BCUT2D eigenvalue weighted by molar-refractivity contribution is 5.32. The summed E-state index contributed by atoms with van der Waals surface area (Å²) in [6, 6.07) is 4.05. The summed E-state index contributed by atoms with van der Waals surface area (Å²) in [5.74, 6) is -0.155. The fourth-order valence-corrected chi connectivity index (χ4v) is 2.05. The molecular weight excluding hydrogens is 209 g/mol. The summed E-state index contributed by atoms with van der Waals surface area (Å²) in [4.78, 5) is 2.16. The first-order chi connectivity index (χ1) is 7.69. The minimum Gasteiger partial charge on any atom is -0.508 e. The van der Waals surface area contributed by atoms with Crippen LogP contribution in [0, 0.1) is 5.82 Å². The first-order valence-electron chi connectivity index (χ1n) is 5.41. The summed E-state index contributed by atoms with van der Waals surface area (Å²) < 4.78 is 18.3. The van der Waals surface area contributed by atoms with Gasteiger partial charge in [-0.2, -0.15) is 0 Å². The maximum absolute atomic E-state index is 13.0. The molecule has 1 aliphatic heterocycles. The Kier molecular flexibility index (Phi) is 3.41. The average molecular weight is 225 g/mol. The van der Waals surface area contributed by atoms with Crippen LogP contribution in [0.25, 0.3) is 0 Å². The van der Waals surface area contributed by atoms with Gasteiger partial charge >= 0.3 is 0 Å². The van der Waals surface area contributed by atoms with Crippen LogP contribution < -0.4 is 0 Å². The Labute approximate surface area is 94.4 Å². The molecular formula is C12H16FNO2. The maximum atomic E-state index is 13.0. The van der Waals surface area contributed by atoms with Crippen LogP contribution in [0.1, 0.15) is 12.0 Å². The molecule has 0 amide bonds. The van der Waals surface area contributed by atoms with E-state index < -0.39 is 0 Å². The fourth-order valence-electron chi connectivity index (χ4n) is 2.05. The fraction of sp³-hybridized carbons (Fsp3) is 0.500. The molecule has 1 unspecified atom stereocenters. The van der Waals surface area contributed by atoms with Gasteiger partial charge in [-0.05, 0) is 24.6 Å². The number of nitrogens with zero attached hydrogens (tertiary/aromatic N) is 1. The zero-order valence-electron chi connectivity index (χ0n) is 9.32. The number of rotatable bonds is 3. The van der Waals surface area contributed by atoms with E-state index in [0.29, 0.717) is 12.1 Å². The van der Waals surface area contributed by atoms with E-state index in [2.05, 4.69) is 4.90 Å². The SMILES string of the molecule is COC1CCN(Cc2cc(F)ccc2O)C1. The highest BCUT2D eigenvalue weighted by Gasteiger charge is 2.22. The van der Waals surface area contributed by atoms with Gasteiger partial charge in [0.15, 0.2) is 0 Å². The molecule has 0 spiro atoms. The third kappa shape index (κ3) is 2.51. The van der Waals surface area contributed by atoms with Gasteiger partial charge in [-0.25, -0.2) is 4.39 Å². The molecule has 1 saturated heterocycles. The third-order valence-corrected chi connectivity index (χ3v) is 3.00.